The summed E-state index contributed by atoms with van der Waals surface area (Å²) in [6, 6.07) is 0.950. The van der Waals surface area contributed by atoms with Gasteiger partial charge in [-0.25, -0.2) is 0 Å². The van der Waals surface area contributed by atoms with Gasteiger partial charge in [0.25, 0.3) is 0 Å². The molecule has 12 heavy (non-hydrogen) atoms. The predicted molar refractivity (Wildman–Crippen MR) is 44.5 cm³/mol. The third-order valence-corrected chi connectivity index (χ3v) is 1.48. The largest absolute Gasteiger partial charge is 0.472 e. The first-order valence-corrected chi connectivity index (χ1v) is 3.51. The lowest BCUT2D eigenvalue weighted by Gasteiger charge is -2.03. The maximum absolute atomic E-state index is 11.3. The van der Waals surface area contributed by atoms with E-state index in [4.69, 9.17) is 16.6 Å². The Labute approximate surface area is 70.6 Å². The van der Waals surface area contributed by atoms with Gasteiger partial charge in [-0.1, -0.05) is 0 Å². The van der Waals surface area contributed by atoms with E-state index in [2.05, 4.69) is 5.92 Å². The summed E-state index contributed by atoms with van der Waals surface area (Å²) >= 11 is 0. The van der Waals surface area contributed by atoms with Crippen molar-refractivity contribution in [2.45, 2.75) is 12.5 Å². The Kier molecular flexibility index (Phi) is 2.67. The molecule has 3 nitrogen and oxygen atoms in total. The second-order valence-electron chi connectivity index (χ2n) is 2.39. The van der Waals surface area contributed by atoms with Crippen molar-refractivity contribution >= 4 is 5.78 Å². The summed E-state index contributed by atoms with van der Waals surface area (Å²) < 4.78 is 4.74. The molecule has 0 bridgehead atoms. The van der Waals surface area contributed by atoms with Crippen LogP contribution in [0.15, 0.2) is 23.0 Å². The molecule has 0 saturated carbocycles. The number of carbonyl (C=O) groups is 1. The van der Waals surface area contributed by atoms with Gasteiger partial charge in [-0.2, -0.15) is 0 Å². The number of carbonyl (C=O) groups excluding carboxylic acids is 1. The lowest BCUT2D eigenvalue weighted by Crippen LogP contribution is -2.29. The van der Waals surface area contributed by atoms with E-state index in [0.717, 1.165) is 0 Å². The fourth-order valence-corrected chi connectivity index (χ4v) is 0.838. The first-order valence-electron chi connectivity index (χ1n) is 3.51. The number of hydrogen-bond acceptors (Lipinski definition) is 3. The van der Waals surface area contributed by atoms with Gasteiger partial charge in [-0.05, 0) is 6.07 Å². The Morgan fingerprint density at radius 3 is 3.08 bits per heavy atom. The SMILES string of the molecule is C#CCC(N)C(=O)c1ccoc1. The van der Waals surface area contributed by atoms with Gasteiger partial charge in [-0.15, -0.1) is 12.3 Å². The molecule has 0 radical (unpaired) electrons. The van der Waals surface area contributed by atoms with Crippen LogP contribution in [-0.2, 0) is 0 Å². The van der Waals surface area contributed by atoms with Crippen LogP contribution >= 0.6 is 0 Å². The molecule has 1 aromatic rings. The first kappa shape index (κ1) is 8.57. The van der Waals surface area contributed by atoms with E-state index in [1.165, 1.54) is 12.5 Å². The third-order valence-electron chi connectivity index (χ3n) is 1.48. The van der Waals surface area contributed by atoms with Crippen molar-refractivity contribution in [1.29, 1.82) is 0 Å². The number of rotatable bonds is 3. The molecule has 1 aromatic heterocycles. The van der Waals surface area contributed by atoms with Crippen LogP contribution in [0.1, 0.15) is 16.8 Å². The lowest BCUT2D eigenvalue weighted by atomic mass is 10.1. The van der Waals surface area contributed by atoms with Gasteiger partial charge in [0.05, 0.1) is 17.9 Å². The van der Waals surface area contributed by atoms with Gasteiger partial charge >= 0.3 is 0 Å². The van der Waals surface area contributed by atoms with E-state index >= 15 is 0 Å². The highest BCUT2D eigenvalue weighted by atomic mass is 16.3. The van der Waals surface area contributed by atoms with Crippen LogP contribution in [0.5, 0.6) is 0 Å². The van der Waals surface area contributed by atoms with Crippen LogP contribution in [0, 0.1) is 12.3 Å². The zero-order chi connectivity index (χ0) is 8.97. The summed E-state index contributed by atoms with van der Waals surface area (Å²) in [5.41, 5.74) is 5.96. The second kappa shape index (κ2) is 3.74. The smallest absolute Gasteiger partial charge is 0.183 e. The fourth-order valence-electron chi connectivity index (χ4n) is 0.838. The van der Waals surface area contributed by atoms with Crippen molar-refractivity contribution in [1.82, 2.24) is 0 Å². The average molecular weight is 163 g/mol. The van der Waals surface area contributed by atoms with Crippen LogP contribution in [0.3, 0.4) is 0 Å². The molecule has 1 atom stereocenters. The summed E-state index contributed by atoms with van der Waals surface area (Å²) in [6.07, 6.45) is 8.06. The number of furan rings is 1. The molecule has 0 spiro atoms. The number of ketones is 1. The Morgan fingerprint density at radius 2 is 2.58 bits per heavy atom. The van der Waals surface area contributed by atoms with Crippen LogP contribution < -0.4 is 5.73 Å². The molecule has 0 fully saturated rings. The first-order chi connectivity index (χ1) is 5.75. The molecule has 3 heteroatoms. The van der Waals surface area contributed by atoms with Crippen molar-refractivity contribution in [3.63, 3.8) is 0 Å². The number of terminal acetylenes is 1. The molecular weight excluding hydrogens is 154 g/mol. The molecular formula is C9H9NO2. The summed E-state index contributed by atoms with van der Waals surface area (Å²) in [7, 11) is 0. The van der Waals surface area contributed by atoms with Crippen LogP contribution in [0.2, 0.25) is 0 Å². The van der Waals surface area contributed by atoms with E-state index in [1.807, 2.05) is 0 Å². The highest BCUT2D eigenvalue weighted by Gasteiger charge is 2.14. The van der Waals surface area contributed by atoms with Gasteiger partial charge in [-0.3, -0.25) is 4.79 Å². The average Bonchev–Trinajstić information content (AvgIpc) is 2.55. The Hall–Kier alpha value is -1.53. The zero-order valence-corrected chi connectivity index (χ0v) is 6.49. The summed E-state index contributed by atoms with van der Waals surface area (Å²) in [4.78, 5) is 11.3. The number of hydrogen-bond donors (Lipinski definition) is 1. The monoisotopic (exact) mass is 163 g/mol. The van der Waals surface area contributed by atoms with E-state index in [0.29, 0.717) is 5.56 Å². The van der Waals surface area contributed by atoms with Gasteiger partial charge in [0.1, 0.15) is 6.26 Å². The molecule has 0 aromatic carbocycles. The van der Waals surface area contributed by atoms with E-state index < -0.39 is 6.04 Å². The molecule has 0 amide bonds. The van der Waals surface area contributed by atoms with Crippen molar-refractivity contribution in [3.8, 4) is 12.3 Å². The topological polar surface area (TPSA) is 56.2 Å². The van der Waals surface area contributed by atoms with Gasteiger partial charge in [0, 0.05) is 6.42 Å². The zero-order valence-electron chi connectivity index (χ0n) is 6.49. The predicted octanol–water partition coefficient (Wildman–Crippen LogP) is 0.813. The molecule has 0 aliphatic heterocycles. The van der Waals surface area contributed by atoms with Crippen LogP contribution in [-0.4, -0.2) is 11.8 Å². The summed E-state index contributed by atoms with van der Waals surface area (Å²) in [5.74, 6) is 2.15. The Balaban J connectivity index is 2.67. The lowest BCUT2D eigenvalue weighted by molar-refractivity contribution is 0.0962. The minimum Gasteiger partial charge on any atom is -0.472 e. The van der Waals surface area contributed by atoms with Crippen molar-refractivity contribution in [2.24, 2.45) is 5.73 Å². The standard InChI is InChI=1S/C9H9NO2/c1-2-3-8(10)9(11)7-4-5-12-6-7/h1,4-6,8H,3,10H2. The quantitative estimate of drug-likeness (QED) is 0.530. The molecule has 1 unspecified atom stereocenters. The van der Waals surface area contributed by atoms with Gasteiger partial charge < -0.3 is 10.2 Å². The molecule has 62 valence electrons. The maximum Gasteiger partial charge on any atom is 0.183 e. The molecule has 0 aliphatic carbocycles. The number of nitrogens with two attached hydrogens (primary N) is 1. The minimum absolute atomic E-state index is 0.179. The van der Waals surface area contributed by atoms with Crippen LogP contribution in [0.25, 0.3) is 0 Å². The summed E-state index contributed by atoms with van der Waals surface area (Å²) in [6.45, 7) is 0. The molecule has 0 aliphatic rings. The highest BCUT2D eigenvalue weighted by molar-refractivity contribution is 5.99. The normalized spacial score (nSPS) is 12.0. The van der Waals surface area contributed by atoms with Gasteiger partial charge in [0.15, 0.2) is 5.78 Å². The molecule has 2 N–H and O–H groups in total. The van der Waals surface area contributed by atoms with Gasteiger partial charge in [0.2, 0.25) is 0 Å². The molecule has 1 rings (SSSR count). The van der Waals surface area contributed by atoms with E-state index in [9.17, 15) is 4.79 Å². The highest BCUT2D eigenvalue weighted by Crippen LogP contribution is 2.04. The van der Waals surface area contributed by atoms with Crippen molar-refractivity contribution in [3.05, 3.63) is 24.2 Å². The second-order valence-corrected chi connectivity index (χ2v) is 2.39. The minimum atomic E-state index is -0.618. The van der Waals surface area contributed by atoms with Crippen molar-refractivity contribution < 1.29 is 9.21 Å². The third kappa shape index (κ3) is 1.74. The Bertz CT molecular complexity index is 295. The van der Waals surface area contributed by atoms with Crippen LogP contribution in [0.4, 0.5) is 0 Å². The fraction of sp³-hybridized carbons (Fsp3) is 0.222. The molecule has 0 saturated heterocycles. The van der Waals surface area contributed by atoms with E-state index in [1.54, 1.807) is 6.07 Å². The van der Waals surface area contributed by atoms with E-state index in [-0.39, 0.29) is 12.2 Å². The molecule has 1 heterocycles. The van der Waals surface area contributed by atoms with Crippen molar-refractivity contribution in [2.75, 3.05) is 0 Å². The maximum atomic E-state index is 11.3. The summed E-state index contributed by atoms with van der Waals surface area (Å²) in [5, 5.41) is 0. The Morgan fingerprint density at radius 1 is 1.83 bits per heavy atom. The number of Topliss-reactive ketones (excluding diaryl/α,β-unsaturated/α-hetero) is 1.